The molecule has 3 aromatic rings. The van der Waals surface area contributed by atoms with Crippen LogP contribution in [0.3, 0.4) is 0 Å². The van der Waals surface area contributed by atoms with E-state index in [2.05, 4.69) is 11.8 Å². The molecular formula is C48H58N3NaO8S. The van der Waals surface area contributed by atoms with Gasteiger partial charge in [-0.3, -0.25) is 0 Å². The zero-order valence-electron chi connectivity index (χ0n) is 35.3. The van der Waals surface area contributed by atoms with Crippen LogP contribution < -0.4 is 45.8 Å². The number of aromatic hydroxyl groups is 1. The van der Waals surface area contributed by atoms with E-state index in [9.17, 15) is 28.3 Å². The molecule has 0 unspecified atom stereocenters. The summed E-state index contributed by atoms with van der Waals surface area (Å²) in [4.78, 5) is 4.79. The third-order valence-electron chi connectivity index (χ3n) is 14.1. The number of nitrogens with zero attached hydrogens (tertiary/aromatic N) is 1. The van der Waals surface area contributed by atoms with E-state index in [4.69, 9.17) is 25.9 Å². The molecule has 2 aliphatic carbocycles. The molecule has 13 heteroatoms. The maximum absolute atomic E-state index is 13.8. The predicted octanol–water partition coefficient (Wildman–Crippen LogP) is 4.12. The quantitative estimate of drug-likeness (QED) is 0.0575. The zero-order valence-corrected chi connectivity index (χ0v) is 38.2. The van der Waals surface area contributed by atoms with Gasteiger partial charge in [-0.2, -0.15) is 0 Å². The van der Waals surface area contributed by atoms with Crippen LogP contribution in [0.15, 0.2) is 83.4 Å². The molecule has 7 N–H and O–H groups in total. The predicted molar refractivity (Wildman–Crippen MR) is 229 cm³/mol. The summed E-state index contributed by atoms with van der Waals surface area (Å²) in [5.41, 5.74) is 14.8. The first kappa shape index (κ1) is 45.6. The number of benzene rings is 3. The number of nitrogens with two attached hydrogens (primary N) is 2. The van der Waals surface area contributed by atoms with Gasteiger partial charge in [0.15, 0.2) is 5.96 Å². The molecule has 1 saturated carbocycles. The number of phenolic OH excluding ortho intramolecular Hbond substituents is 1. The van der Waals surface area contributed by atoms with E-state index in [1.54, 1.807) is 12.1 Å². The smallest absolute Gasteiger partial charge is 0.748 e. The van der Waals surface area contributed by atoms with Crippen LogP contribution in [0.2, 0.25) is 0 Å². The second-order valence-corrected chi connectivity index (χ2v) is 19.6. The Kier molecular flexibility index (Phi) is 14.0. The van der Waals surface area contributed by atoms with Crippen molar-refractivity contribution in [2.45, 2.75) is 131 Å². The Morgan fingerprint density at radius 1 is 0.967 bits per heavy atom. The van der Waals surface area contributed by atoms with Crippen molar-refractivity contribution < 1.29 is 67.3 Å². The molecule has 3 aromatic carbocycles. The molecule has 0 aromatic heterocycles. The fourth-order valence-corrected chi connectivity index (χ4v) is 12.1. The molecule has 0 amide bonds. The van der Waals surface area contributed by atoms with E-state index in [0.717, 1.165) is 41.5 Å². The van der Waals surface area contributed by atoms with E-state index < -0.39 is 38.7 Å². The third kappa shape index (κ3) is 9.90. The van der Waals surface area contributed by atoms with Gasteiger partial charge in [-0.05, 0) is 122 Å². The summed E-state index contributed by atoms with van der Waals surface area (Å²) >= 11 is 0. The number of aliphatic hydroxyl groups is 2. The van der Waals surface area contributed by atoms with Crippen molar-refractivity contribution in [2.75, 3.05) is 6.61 Å². The topological polar surface area (TPSA) is 201 Å². The molecule has 2 fully saturated rings. The zero-order chi connectivity index (χ0) is 42.2. The first-order valence-electron chi connectivity index (χ1n) is 21.7. The molecule has 6 aliphatic heterocycles. The normalized spacial score (nSPS) is 30.5. The number of hydrogen-bond acceptors (Lipinski definition) is 9. The molecule has 11 nitrogen and oxygen atoms in total. The van der Waals surface area contributed by atoms with Crippen LogP contribution in [0.1, 0.15) is 136 Å². The Balaban J connectivity index is 0.00000561. The summed E-state index contributed by atoms with van der Waals surface area (Å²) in [7, 11) is -4.87. The van der Waals surface area contributed by atoms with Crippen LogP contribution in [0.25, 0.3) is 0 Å². The van der Waals surface area contributed by atoms with Crippen LogP contribution in [0, 0.1) is 29.6 Å². The Hall–Kier alpha value is -3.38. The van der Waals surface area contributed by atoms with Gasteiger partial charge in [0.05, 0.1) is 27.1 Å². The van der Waals surface area contributed by atoms with Crippen LogP contribution in [-0.4, -0.2) is 57.8 Å². The van der Waals surface area contributed by atoms with Crippen LogP contribution >= 0.6 is 0 Å². The van der Waals surface area contributed by atoms with Crippen LogP contribution in [-0.2, 0) is 20.6 Å². The van der Waals surface area contributed by atoms with E-state index in [-0.39, 0.29) is 84.1 Å². The third-order valence-corrected chi connectivity index (χ3v) is 15.3. The molecule has 6 heterocycles. The molecular weight excluding hydrogens is 802 g/mol. The first-order valence-corrected chi connectivity index (χ1v) is 23.2. The Bertz CT molecular complexity index is 2260. The number of rotatable bonds is 7. The van der Waals surface area contributed by atoms with E-state index in [1.807, 2.05) is 67.6 Å². The van der Waals surface area contributed by atoms with E-state index in [1.165, 1.54) is 0 Å². The fourth-order valence-electron chi connectivity index (χ4n) is 11.0. The molecule has 0 spiro atoms. The Morgan fingerprint density at radius 3 is 2.36 bits per heavy atom. The maximum atomic E-state index is 13.8. The van der Waals surface area contributed by atoms with E-state index >= 15 is 0 Å². The number of aliphatic imine (C=N–C) groups is 1. The first-order chi connectivity index (χ1) is 28.8. The standard InChI is InChI=1S/C48H59N3O8S.Na/c1-2-31-28-43(60(55,56)57)42-27-36-24-35(26-40-23-30(29-52)7-6-8-34-25-38(53)15-18-41(34)45(36)58-40)44(42)33-9-13-37(14-10-33)48(51-46(49)50,59-39-16-11-32(31)12-17-39)22-21-47(54)19-4-3-5-20-47;/h9-18,25,27,30-31,35,40,42-45,52-54H,2-5,7,19-24,26,28-29H2,1H3,(H4,49,50,51)(H,55,56,57);/q;+1/p-1/t30-,31+,35+,40-,42-,43-,44+,45-,48-;/m1./s1. The summed E-state index contributed by atoms with van der Waals surface area (Å²) in [5.74, 6) is 5.23. The molecule has 8 aliphatic rings. The average molecular weight is 860 g/mol. The van der Waals surface area contributed by atoms with Gasteiger partial charge < -0.3 is 40.8 Å². The number of hydrogen-bond donors (Lipinski definition) is 5. The molecule has 9 atom stereocenters. The minimum absolute atomic E-state index is 0. The van der Waals surface area contributed by atoms with Crippen LogP contribution in [0.5, 0.6) is 11.5 Å². The van der Waals surface area contributed by atoms with Crippen molar-refractivity contribution in [1.29, 1.82) is 0 Å². The summed E-state index contributed by atoms with van der Waals surface area (Å²) in [6.45, 7) is 1.94. The molecule has 8 bridgehead atoms. The second-order valence-electron chi connectivity index (χ2n) is 18.0. The molecule has 0 radical (unpaired) electrons. The van der Waals surface area contributed by atoms with Gasteiger partial charge in [0.1, 0.15) is 17.6 Å². The monoisotopic (exact) mass is 859 g/mol. The Labute approximate surface area is 382 Å². The largest absolute Gasteiger partial charge is 1.00 e. The number of aliphatic hydroxyl groups excluding tert-OH is 1. The second kappa shape index (κ2) is 18.8. The van der Waals surface area contributed by atoms with Crippen molar-refractivity contribution >= 4 is 16.1 Å². The van der Waals surface area contributed by atoms with E-state index in [0.29, 0.717) is 74.7 Å². The van der Waals surface area contributed by atoms with Gasteiger partial charge in [-0.25, -0.2) is 13.4 Å². The molecule has 61 heavy (non-hydrogen) atoms. The van der Waals surface area contributed by atoms with Crippen LogP contribution in [0.4, 0.5) is 0 Å². The maximum Gasteiger partial charge on any atom is 1.00 e. The number of allylic oxidation sites excluding steroid dienone is 1. The fraction of sp³-hybridized carbons (Fsp3) is 0.521. The van der Waals surface area contributed by atoms with Gasteiger partial charge in [0.25, 0.3) is 0 Å². The minimum atomic E-state index is -4.87. The SMILES string of the molecule is CC[C@H]1C[C@@H](S(=O)(=O)[O-])[C@H]2C=C3C[C@@H](C[C@H]4C[C@H](CO)CC#Cc5cc(O)ccc5[C@@H]3O4)[C@@H]2c2ccc(cc2)[C@](CCC2(O)CCCCC2)(N=C(N)N)Oc2ccc1cc2.[Na+]. The molecule has 11 rings (SSSR count). The summed E-state index contributed by atoms with van der Waals surface area (Å²) < 4.78 is 55.3. The number of guanidine groups is 1. The minimum Gasteiger partial charge on any atom is -0.748 e. The summed E-state index contributed by atoms with van der Waals surface area (Å²) in [6.07, 6.45) is 9.03. The number of fused-ring (bicyclic) bond motifs is 7. The van der Waals surface area contributed by atoms with Gasteiger partial charge >= 0.3 is 29.6 Å². The van der Waals surface area contributed by atoms with Gasteiger partial charge in [0, 0.05) is 36.1 Å². The molecule has 320 valence electrons. The van der Waals surface area contributed by atoms with Gasteiger partial charge in [-0.15, -0.1) is 0 Å². The number of phenols is 1. The Morgan fingerprint density at radius 2 is 1.69 bits per heavy atom. The summed E-state index contributed by atoms with van der Waals surface area (Å²) in [6, 6.07) is 20.4. The van der Waals surface area contributed by atoms with Crippen molar-refractivity contribution in [1.82, 2.24) is 0 Å². The van der Waals surface area contributed by atoms with Gasteiger partial charge in [-0.1, -0.05) is 86.6 Å². The average Bonchev–Trinajstić information content (AvgIpc) is 3.35. The summed E-state index contributed by atoms with van der Waals surface area (Å²) in [5, 5.41) is 31.4. The number of ether oxygens (including phenoxy) is 2. The molecule has 1 saturated heterocycles. The van der Waals surface area contributed by atoms with Crippen molar-refractivity contribution in [3.05, 3.63) is 106 Å². The van der Waals surface area contributed by atoms with Crippen molar-refractivity contribution in [2.24, 2.45) is 34.2 Å². The van der Waals surface area contributed by atoms with Crippen molar-refractivity contribution in [3.8, 4) is 23.3 Å². The van der Waals surface area contributed by atoms with Crippen molar-refractivity contribution in [3.63, 3.8) is 0 Å². The van der Waals surface area contributed by atoms with Gasteiger partial charge in [0.2, 0.25) is 5.72 Å².